The maximum atomic E-state index is 4.40. The van der Waals surface area contributed by atoms with Crippen molar-refractivity contribution in [2.75, 3.05) is 0 Å². The number of hydrogen-bond acceptors (Lipinski definition) is 3. The second kappa shape index (κ2) is 4.80. The molecular weight excluding hydrogens is 218 g/mol. The van der Waals surface area contributed by atoms with Crippen LogP contribution in [0.15, 0.2) is 24.4 Å². The number of aryl methyl sites for hydroxylation is 1. The minimum Gasteiger partial charge on any atom is -0.310 e. The Bertz CT molecular complexity index is 456. The zero-order chi connectivity index (χ0) is 11.5. The summed E-state index contributed by atoms with van der Waals surface area (Å²) >= 11 is 1.80. The molecular formula is C12H17N3S. The van der Waals surface area contributed by atoms with Gasteiger partial charge in [0, 0.05) is 30.7 Å². The van der Waals surface area contributed by atoms with Crippen molar-refractivity contribution in [3.63, 3.8) is 0 Å². The van der Waals surface area contributed by atoms with Crippen LogP contribution in [-0.2, 0) is 13.6 Å². The summed E-state index contributed by atoms with van der Waals surface area (Å²) in [6.45, 7) is 5.26. The Morgan fingerprint density at radius 1 is 1.38 bits per heavy atom. The molecule has 0 saturated carbocycles. The van der Waals surface area contributed by atoms with Gasteiger partial charge >= 0.3 is 0 Å². The summed E-state index contributed by atoms with van der Waals surface area (Å²) in [4.78, 5) is 2.59. The molecule has 0 aromatic carbocycles. The second-order valence-corrected chi connectivity index (χ2v) is 5.34. The smallest absolute Gasteiger partial charge is 0.102 e. The highest BCUT2D eigenvalue weighted by Gasteiger charge is 2.05. The van der Waals surface area contributed by atoms with Crippen molar-refractivity contribution in [2.24, 2.45) is 7.05 Å². The van der Waals surface area contributed by atoms with Crippen molar-refractivity contribution in [2.45, 2.75) is 26.4 Å². The molecule has 0 fully saturated rings. The van der Waals surface area contributed by atoms with Gasteiger partial charge in [-0.15, -0.1) is 11.3 Å². The van der Waals surface area contributed by atoms with Crippen LogP contribution in [-0.4, -0.2) is 15.8 Å². The van der Waals surface area contributed by atoms with Crippen LogP contribution in [0.3, 0.4) is 0 Å². The normalized spacial score (nSPS) is 11.2. The lowest BCUT2D eigenvalue weighted by atomic mass is 10.3. The molecule has 0 aliphatic heterocycles. The van der Waals surface area contributed by atoms with E-state index in [0.717, 1.165) is 12.2 Å². The molecule has 0 spiro atoms. The van der Waals surface area contributed by atoms with Crippen LogP contribution in [0.5, 0.6) is 0 Å². The zero-order valence-electron chi connectivity index (χ0n) is 9.90. The molecule has 0 atom stereocenters. The monoisotopic (exact) mass is 235 g/mol. The van der Waals surface area contributed by atoms with Gasteiger partial charge in [-0.3, -0.25) is 4.68 Å². The number of nitrogens with zero attached hydrogens (tertiary/aromatic N) is 2. The zero-order valence-corrected chi connectivity index (χ0v) is 10.7. The number of rotatable bonds is 4. The minimum absolute atomic E-state index is 0.528. The first-order chi connectivity index (χ1) is 7.65. The Morgan fingerprint density at radius 2 is 2.19 bits per heavy atom. The number of nitrogens with one attached hydrogen (secondary N) is 1. The second-order valence-electron chi connectivity index (χ2n) is 4.18. The fourth-order valence-corrected chi connectivity index (χ4v) is 2.39. The topological polar surface area (TPSA) is 29.9 Å². The third-order valence-corrected chi connectivity index (χ3v) is 3.42. The van der Waals surface area contributed by atoms with Gasteiger partial charge in [-0.05, 0) is 18.2 Å². The van der Waals surface area contributed by atoms with E-state index in [1.165, 1.54) is 9.75 Å². The lowest BCUT2D eigenvalue weighted by Gasteiger charge is -2.05. The average molecular weight is 235 g/mol. The van der Waals surface area contributed by atoms with Crippen molar-refractivity contribution in [1.82, 2.24) is 15.1 Å². The number of aromatic nitrogens is 2. The van der Waals surface area contributed by atoms with Crippen molar-refractivity contribution in [3.8, 4) is 10.6 Å². The van der Waals surface area contributed by atoms with Crippen molar-refractivity contribution in [1.29, 1.82) is 0 Å². The highest BCUT2D eigenvalue weighted by molar-refractivity contribution is 7.15. The first kappa shape index (κ1) is 11.4. The molecule has 1 N–H and O–H groups in total. The Kier molecular flexibility index (Phi) is 3.41. The molecule has 2 rings (SSSR count). The summed E-state index contributed by atoms with van der Waals surface area (Å²) in [6, 6.07) is 6.89. The van der Waals surface area contributed by atoms with E-state index in [2.05, 4.69) is 36.4 Å². The molecule has 0 saturated heterocycles. The van der Waals surface area contributed by atoms with E-state index in [-0.39, 0.29) is 0 Å². The summed E-state index contributed by atoms with van der Waals surface area (Å²) in [5, 5.41) is 7.81. The minimum atomic E-state index is 0.528. The average Bonchev–Trinajstić information content (AvgIpc) is 2.83. The van der Waals surface area contributed by atoms with Gasteiger partial charge < -0.3 is 5.32 Å². The molecule has 2 aromatic heterocycles. The Labute approximate surface area is 100 Å². The summed E-state index contributed by atoms with van der Waals surface area (Å²) in [6.07, 6.45) is 1.97. The molecule has 0 aliphatic carbocycles. The van der Waals surface area contributed by atoms with Gasteiger partial charge in [0.25, 0.3) is 0 Å². The Morgan fingerprint density at radius 3 is 2.81 bits per heavy atom. The van der Waals surface area contributed by atoms with Crippen molar-refractivity contribution < 1.29 is 0 Å². The van der Waals surface area contributed by atoms with E-state index in [0.29, 0.717) is 6.04 Å². The Balaban J connectivity index is 2.07. The summed E-state index contributed by atoms with van der Waals surface area (Å²) < 4.78 is 1.83. The lowest BCUT2D eigenvalue weighted by Crippen LogP contribution is -2.21. The fourth-order valence-electron chi connectivity index (χ4n) is 1.46. The van der Waals surface area contributed by atoms with Gasteiger partial charge in [0.15, 0.2) is 0 Å². The van der Waals surface area contributed by atoms with Gasteiger partial charge in [-0.2, -0.15) is 5.10 Å². The number of hydrogen-bond donors (Lipinski definition) is 1. The van der Waals surface area contributed by atoms with E-state index in [9.17, 15) is 0 Å². The van der Waals surface area contributed by atoms with Crippen molar-refractivity contribution >= 4 is 11.3 Å². The highest BCUT2D eigenvalue weighted by Crippen LogP contribution is 2.26. The van der Waals surface area contributed by atoms with Crippen LogP contribution in [0.4, 0.5) is 0 Å². The maximum absolute atomic E-state index is 4.40. The van der Waals surface area contributed by atoms with E-state index in [4.69, 9.17) is 0 Å². The molecule has 2 heterocycles. The summed E-state index contributed by atoms with van der Waals surface area (Å²) in [5.74, 6) is 0. The van der Waals surface area contributed by atoms with Gasteiger partial charge in [0.1, 0.15) is 5.69 Å². The molecule has 16 heavy (non-hydrogen) atoms. The Hall–Kier alpha value is -1.13. The lowest BCUT2D eigenvalue weighted by molar-refractivity contribution is 0.593. The van der Waals surface area contributed by atoms with Crippen LogP contribution >= 0.6 is 11.3 Å². The van der Waals surface area contributed by atoms with Crippen molar-refractivity contribution in [3.05, 3.63) is 29.3 Å². The quantitative estimate of drug-likeness (QED) is 0.883. The molecule has 3 nitrogen and oxygen atoms in total. The van der Waals surface area contributed by atoms with Crippen LogP contribution < -0.4 is 5.32 Å². The number of thiophene rings is 1. The maximum Gasteiger partial charge on any atom is 0.102 e. The first-order valence-corrected chi connectivity index (χ1v) is 6.29. The third kappa shape index (κ3) is 2.71. The van der Waals surface area contributed by atoms with Crippen LogP contribution in [0, 0.1) is 0 Å². The van der Waals surface area contributed by atoms with Gasteiger partial charge in [0.2, 0.25) is 0 Å². The summed E-state index contributed by atoms with van der Waals surface area (Å²) in [7, 11) is 1.94. The molecule has 2 aromatic rings. The van der Waals surface area contributed by atoms with Crippen LogP contribution in [0.2, 0.25) is 0 Å². The third-order valence-electron chi connectivity index (χ3n) is 2.31. The van der Waals surface area contributed by atoms with E-state index in [1.807, 2.05) is 24.0 Å². The van der Waals surface area contributed by atoms with E-state index >= 15 is 0 Å². The largest absolute Gasteiger partial charge is 0.310 e. The molecule has 0 aliphatic rings. The molecule has 0 radical (unpaired) electrons. The van der Waals surface area contributed by atoms with Gasteiger partial charge in [-0.1, -0.05) is 13.8 Å². The van der Waals surface area contributed by atoms with Crippen LogP contribution in [0.25, 0.3) is 10.6 Å². The molecule has 4 heteroatoms. The van der Waals surface area contributed by atoms with Gasteiger partial charge in [0.05, 0.1) is 4.88 Å². The molecule has 0 unspecified atom stereocenters. The fraction of sp³-hybridized carbons (Fsp3) is 0.417. The molecule has 0 amide bonds. The molecule has 0 bridgehead atoms. The SMILES string of the molecule is CC(C)NCc1ccc(-c2ccn(C)n2)s1. The molecule has 86 valence electrons. The van der Waals surface area contributed by atoms with E-state index < -0.39 is 0 Å². The van der Waals surface area contributed by atoms with E-state index in [1.54, 1.807) is 11.3 Å². The highest BCUT2D eigenvalue weighted by atomic mass is 32.1. The van der Waals surface area contributed by atoms with Crippen LogP contribution in [0.1, 0.15) is 18.7 Å². The predicted molar refractivity (Wildman–Crippen MR) is 68.5 cm³/mol. The predicted octanol–water partition coefficient (Wildman–Crippen LogP) is 2.65. The summed E-state index contributed by atoms with van der Waals surface area (Å²) in [5.41, 5.74) is 1.06. The standard InChI is InChI=1S/C12H17N3S/c1-9(2)13-8-10-4-5-12(16-10)11-6-7-15(3)14-11/h4-7,9,13H,8H2,1-3H3. The first-order valence-electron chi connectivity index (χ1n) is 5.47. The van der Waals surface area contributed by atoms with Gasteiger partial charge in [-0.25, -0.2) is 0 Å².